The van der Waals surface area contributed by atoms with Crippen molar-refractivity contribution in [1.82, 2.24) is 15.3 Å². The predicted octanol–water partition coefficient (Wildman–Crippen LogP) is 3.43. The highest BCUT2D eigenvalue weighted by Gasteiger charge is 2.33. The molecule has 0 saturated carbocycles. The number of hydrogen-bond donors (Lipinski definition) is 1. The fraction of sp³-hybridized carbons (Fsp3) is 0.391. The number of anilines is 2. The summed E-state index contributed by atoms with van der Waals surface area (Å²) < 4.78 is 5.08. The molecule has 2 aliphatic heterocycles. The van der Waals surface area contributed by atoms with E-state index in [0.717, 1.165) is 30.0 Å². The average molecular weight is 424 g/mol. The van der Waals surface area contributed by atoms with Crippen molar-refractivity contribution in [2.24, 2.45) is 0 Å². The monoisotopic (exact) mass is 423 g/mol. The molecule has 2 aromatic carbocycles. The number of amides is 3. The van der Waals surface area contributed by atoms with Crippen molar-refractivity contribution in [1.29, 1.82) is 0 Å². The lowest BCUT2D eigenvalue weighted by Crippen LogP contribution is -2.49. The van der Waals surface area contributed by atoms with Crippen LogP contribution in [0.4, 0.5) is 21.0 Å². The van der Waals surface area contributed by atoms with Crippen LogP contribution in [0.2, 0.25) is 0 Å². The van der Waals surface area contributed by atoms with Gasteiger partial charge in [-0.05, 0) is 43.7 Å². The molecule has 0 spiro atoms. The van der Waals surface area contributed by atoms with Crippen LogP contribution in [0.1, 0.15) is 25.5 Å². The van der Waals surface area contributed by atoms with Gasteiger partial charge in [-0.15, -0.1) is 0 Å². The molecule has 4 rings (SSSR count). The fourth-order valence-corrected chi connectivity index (χ4v) is 4.00. The second-order valence-corrected chi connectivity index (χ2v) is 7.67. The molecule has 31 heavy (non-hydrogen) atoms. The van der Waals surface area contributed by atoms with E-state index in [1.165, 1.54) is 0 Å². The zero-order valence-corrected chi connectivity index (χ0v) is 18.0. The Morgan fingerprint density at radius 3 is 2.29 bits per heavy atom. The summed E-state index contributed by atoms with van der Waals surface area (Å²) in [4.78, 5) is 30.6. The molecule has 8 heteroatoms. The Hall–Kier alpha value is -3.26. The van der Waals surface area contributed by atoms with Gasteiger partial charge in [0, 0.05) is 37.6 Å². The van der Waals surface area contributed by atoms with Crippen molar-refractivity contribution in [3.63, 3.8) is 0 Å². The number of hydrogen-bond acceptors (Lipinski definition) is 5. The Morgan fingerprint density at radius 2 is 1.65 bits per heavy atom. The smallest absolute Gasteiger partial charge is 0.409 e. The quantitative estimate of drug-likeness (QED) is 0.798. The standard InChI is InChI=1S/C23H29N5O3/c1-3-31-23(30)26-15-13-25(14-16-26)20-9-11-21(12-10-20)27-17-24-28(22(27)29)18(2)19-7-5-4-6-8-19/h4-12,18,24H,3,13-17H2,1-2H3. The van der Waals surface area contributed by atoms with E-state index in [2.05, 4.69) is 10.3 Å². The molecule has 2 heterocycles. The lowest BCUT2D eigenvalue weighted by molar-refractivity contribution is 0.105. The second kappa shape index (κ2) is 9.26. The number of piperazine rings is 1. The van der Waals surface area contributed by atoms with E-state index < -0.39 is 0 Å². The number of hydrazine groups is 1. The summed E-state index contributed by atoms with van der Waals surface area (Å²) in [6.45, 7) is 7.46. The van der Waals surface area contributed by atoms with Crippen LogP contribution in [0.3, 0.4) is 0 Å². The van der Waals surface area contributed by atoms with E-state index in [1.807, 2.05) is 68.4 Å². The third kappa shape index (κ3) is 4.44. The van der Waals surface area contributed by atoms with Crippen LogP contribution >= 0.6 is 0 Å². The topological polar surface area (TPSA) is 68.4 Å². The first-order chi connectivity index (χ1) is 15.1. The summed E-state index contributed by atoms with van der Waals surface area (Å²) in [5.74, 6) is 0. The van der Waals surface area contributed by atoms with Crippen LogP contribution in [-0.4, -0.2) is 61.5 Å². The van der Waals surface area contributed by atoms with Crippen LogP contribution < -0.4 is 15.2 Å². The fourth-order valence-electron chi connectivity index (χ4n) is 4.00. The van der Waals surface area contributed by atoms with Gasteiger partial charge in [0.1, 0.15) is 0 Å². The van der Waals surface area contributed by atoms with Gasteiger partial charge in [0.05, 0.1) is 19.3 Å². The first kappa shape index (κ1) is 21.0. The van der Waals surface area contributed by atoms with E-state index in [0.29, 0.717) is 26.4 Å². The Labute approximate surface area is 182 Å². The van der Waals surface area contributed by atoms with E-state index in [-0.39, 0.29) is 18.2 Å². The van der Waals surface area contributed by atoms with Gasteiger partial charge in [0.2, 0.25) is 0 Å². The van der Waals surface area contributed by atoms with Gasteiger partial charge in [-0.3, -0.25) is 9.91 Å². The van der Waals surface area contributed by atoms with Crippen molar-refractivity contribution in [2.75, 3.05) is 49.3 Å². The zero-order valence-electron chi connectivity index (χ0n) is 18.0. The van der Waals surface area contributed by atoms with Gasteiger partial charge in [-0.25, -0.2) is 15.0 Å². The number of nitrogens with one attached hydrogen (secondary N) is 1. The number of carbonyl (C=O) groups is 2. The number of rotatable bonds is 5. The van der Waals surface area contributed by atoms with Crippen molar-refractivity contribution >= 4 is 23.5 Å². The summed E-state index contributed by atoms with van der Waals surface area (Å²) in [5, 5.41) is 1.68. The molecular weight excluding hydrogens is 394 g/mol. The highest BCUT2D eigenvalue weighted by Crippen LogP contribution is 2.27. The molecule has 1 unspecified atom stereocenters. The van der Waals surface area contributed by atoms with E-state index in [4.69, 9.17) is 4.74 Å². The molecule has 2 fully saturated rings. The molecule has 1 N–H and O–H groups in total. The summed E-state index contributed by atoms with van der Waals surface area (Å²) in [7, 11) is 0. The Balaban J connectivity index is 1.37. The van der Waals surface area contributed by atoms with Crippen LogP contribution in [-0.2, 0) is 4.74 Å². The maximum Gasteiger partial charge on any atom is 0.409 e. The van der Waals surface area contributed by atoms with Crippen molar-refractivity contribution in [2.45, 2.75) is 19.9 Å². The summed E-state index contributed by atoms with van der Waals surface area (Å²) in [6, 6.07) is 17.9. The number of nitrogens with zero attached hydrogens (tertiary/aromatic N) is 4. The van der Waals surface area contributed by atoms with Gasteiger partial charge in [0.25, 0.3) is 0 Å². The molecule has 0 bridgehead atoms. The van der Waals surface area contributed by atoms with Gasteiger partial charge in [0.15, 0.2) is 0 Å². The summed E-state index contributed by atoms with van der Waals surface area (Å²) in [6.07, 6.45) is -0.244. The molecule has 2 aromatic rings. The molecule has 1 atom stereocenters. The second-order valence-electron chi connectivity index (χ2n) is 7.67. The van der Waals surface area contributed by atoms with Gasteiger partial charge < -0.3 is 14.5 Å². The SMILES string of the molecule is CCOC(=O)N1CCN(c2ccc(N3CNN(C(C)c4ccccc4)C3=O)cc2)CC1. The van der Waals surface area contributed by atoms with Gasteiger partial charge in [-0.1, -0.05) is 30.3 Å². The van der Waals surface area contributed by atoms with Crippen LogP contribution in [0.5, 0.6) is 0 Å². The first-order valence-electron chi connectivity index (χ1n) is 10.7. The maximum atomic E-state index is 13.0. The Morgan fingerprint density at radius 1 is 1.00 bits per heavy atom. The van der Waals surface area contributed by atoms with E-state index in [1.54, 1.807) is 14.8 Å². The van der Waals surface area contributed by atoms with Gasteiger partial charge >= 0.3 is 12.1 Å². The largest absolute Gasteiger partial charge is 0.450 e. The molecule has 0 aliphatic carbocycles. The van der Waals surface area contributed by atoms with Crippen LogP contribution in [0, 0.1) is 0 Å². The number of benzene rings is 2. The van der Waals surface area contributed by atoms with E-state index >= 15 is 0 Å². The third-order valence-corrected chi connectivity index (χ3v) is 5.84. The number of carbonyl (C=O) groups excluding carboxylic acids is 2. The molecule has 8 nitrogen and oxygen atoms in total. The average Bonchev–Trinajstić information content (AvgIpc) is 3.20. The molecule has 164 valence electrons. The lowest BCUT2D eigenvalue weighted by atomic mass is 10.1. The molecular formula is C23H29N5O3. The van der Waals surface area contributed by atoms with Crippen molar-refractivity contribution in [3.8, 4) is 0 Å². The normalized spacial score (nSPS) is 17.8. The minimum atomic E-state index is -0.244. The highest BCUT2D eigenvalue weighted by atomic mass is 16.6. The van der Waals surface area contributed by atoms with Crippen LogP contribution in [0.15, 0.2) is 54.6 Å². The Kier molecular flexibility index (Phi) is 6.27. The minimum Gasteiger partial charge on any atom is -0.450 e. The molecule has 0 aromatic heterocycles. The minimum absolute atomic E-state index is 0.0614. The van der Waals surface area contributed by atoms with E-state index in [9.17, 15) is 9.59 Å². The van der Waals surface area contributed by atoms with Crippen molar-refractivity contribution in [3.05, 3.63) is 60.2 Å². The van der Waals surface area contributed by atoms with Crippen molar-refractivity contribution < 1.29 is 14.3 Å². The third-order valence-electron chi connectivity index (χ3n) is 5.84. The van der Waals surface area contributed by atoms with Crippen LogP contribution in [0.25, 0.3) is 0 Å². The number of ether oxygens (including phenoxy) is 1. The summed E-state index contributed by atoms with van der Waals surface area (Å²) in [5.41, 5.74) is 6.23. The summed E-state index contributed by atoms with van der Waals surface area (Å²) >= 11 is 0. The van der Waals surface area contributed by atoms with Gasteiger partial charge in [-0.2, -0.15) is 0 Å². The molecule has 2 aliphatic rings. The zero-order chi connectivity index (χ0) is 21.8. The molecule has 3 amide bonds. The molecule has 0 radical (unpaired) electrons. The molecule has 2 saturated heterocycles. The highest BCUT2D eigenvalue weighted by molar-refractivity contribution is 5.93. The lowest BCUT2D eigenvalue weighted by Gasteiger charge is -2.35. The predicted molar refractivity (Wildman–Crippen MR) is 120 cm³/mol. The Bertz CT molecular complexity index is 897. The first-order valence-corrected chi connectivity index (χ1v) is 10.7. The maximum absolute atomic E-state index is 13.0. The number of urea groups is 1.